The smallest absolute Gasteiger partial charge is 0.303 e. The summed E-state index contributed by atoms with van der Waals surface area (Å²) in [5.74, 6) is -0.195. The van der Waals surface area contributed by atoms with Crippen molar-refractivity contribution in [3.05, 3.63) is 35.4 Å². The molecule has 0 saturated heterocycles. The van der Waals surface area contributed by atoms with Crippen molar-refractivity contribution in [2.75, 3.05) is 6.54 Å². The summed E-state index contributed by atoms with van der Waals surface area (Å²) in [7, 11) is 0. The number of rotatable bonds is 8. The molecule has 0 heterocycles. The number of nitrogens with one attached hydrogen (secondary N) is 1. The van der Waals surface area contributed by atoms with Crippen molar-refractivity contribution in [1.82, 2.24) is 5.32 Å². The third-order valence-electron chi connectivity index (χ3n) is 3.37. The second kappa shape index (κ2) is 7.95. The van der Waals surface area contributed by atoms with Crippen LogP contribution in [-0.2, 0) is 4.79 Å². The molecule has 0 aliphatic heterocycles. The number of carboxylic acid groups (broad SMARTS) is 1. The summed E-state index contributed by atoms with van der Waals surface area (Å²) < 4.78 is 0. The molecule has 0 bridgehead atoms. The van der Waals surface area contributed by atoms with E-state index in [1.54, 1.807) is 0 Å². The van der Waals surface area contributed by atoms with E-state index in [1.807, 2.05) is 0 Å². The average Bonchev–Trinajstić information content (AvgIpc) is 2.34. The van der Waals surface area contributed by atoms with Crippen LogP contribution in [-0.4, -0.2) is 17.6 Å². The van der Waals surface area contributed by atoms with Gasteiger partial charge in [-0.25, -0.2) is 0 Å². The van der Waals surface area contributed by atoms with Gasteiger partial charge < -0.3 is 10.4 Å². The van der Waals surface area contributed by atoms with Crippen LogP contribution in [0.3, 0.4) is 0 Å². The quantitative estimate of drug-likeness (QED) is 0.705. The zero-order valence-corrected chi connectivity index (χ0v) is 12.1. The molecule has 0 saturated carbocycles. The predicted molar refractivity (Wildman–Crippen MR) is 78.2 cm³/mol. The molecule has 3 heteroatoms. The van der Waals surface area contributed by atoms with E-state index in [0.717, 1.165) is 19.4 Å². The molecule has 0 aromatic heterocycles. The average molecular weight is 263 g/mol. The van der Waals surface area contributed by atoms with E-state index < -0.39 is 5.97 Å². The van der Waals surface area contributed by atoms with E-state index in [-0.39, 0.29) is 6.42 Å². The van der Waals surface area contributed by atoms with Crippen molar-refractivity contribution in [1.29, 1.82) is 0 Å². The lowest BCUT2D eigenvalue weighted by atomic mass is 9.92. The summed E-state index contributed by atoms with van der Waals surface area (Å²) in [6.45, 7) is 7.42. The molecular weight excluding hydrogens is 238 g/mol. The summed E-state index contributed by atoms with van der Waals surface area (Å²) in [5, 5.41) is 12.2. The molecule has 0 spiro atoms. The number of unbranched alkanes of at least 4 members (excludes halogenated alkanes) is 1. The Hall–Kier alpha value is -1.35. The van der Waals surface area contributed by atoms with Gasteiger partial charge in [-0.3, -0.25) is 4.79 Å². The number of benzene rings is 1. The van der Waals surface area contributed by atoms with Crippen LogP contribution in [0.4, 0.5) is 0 Å². The Kier molecular flexibility index (Phi) is 6.57. The van der Waals surface area contributed by atoms with Crippen LogP contribution >= 0.6 is 0 Å². The molecule has 0 amide bonds. The highest BCUT2D eigenvalue weighted by molar-refractivity contribution is 5.66. The molecule has 2 N–H and O–H groups in total. The topological polar surface area (TPSA) is 49.3 Å². The van der Waals surface area contributed by atoms with Crippen LogP contribution in [0.2, 0.25) is 0 Å². The third kappa shape index (κ3) is 5.43. The van der Waals surface area contributed by atoms with Gasteiger partial charge in [0.25, 0.3) is 0 Å². The Bertz CT molecular complexity index is 401. The third-order valence-corrected chi connectivity index (χ3v) is 3.37. The summed E-state index contributed by atoms with van der Waals surface area (Å²) in [6, 6.07) is 8.78. The number of hydrogen-bond donors (Lipinski definition) is 2. The van der Waals surface area contributed by atoms with Crippen molar-refractivity contribution in [3.63, 3.8) is 0 Å². The van der Waals surface area contributed by atoms with Crippen molar-refractivity contribution in [2.24, 2.45) is 5.92 Å². The number of carbonyl (C=O) groups is 1. The molecule has 0 radical (unpaired) electrons. The molecule has 1 atom stereocenters. The largest absolute Gasteiger partial charge is 0.481 e. The molecule has 1 rings (SSSR count). The number of hydrogen-bond acceptors (Lipinski definition) is 2. The van der Waals surface area contributed by atoms with E-state index in [4.69, 9.17) is 5.11 Å². The first-order valence-electron chi connectivity index (χ1n) is 7.03. The molecule has 0 fully saturated rings. The van der Waals surface area contributed by atoms with Gasteiger partial charge in [-0.1, -0.05) is 38.1 Å². The Morgan fingerprint density at radius 1 is 1.26 bits per heavy atom. The van der Waals surface area contributed by atoms with E-state index in [0.29, 0.717) is 12.0 Å². The van der Waals surface area contributed by atoms with Crippen molar-refractivity contribution in [3.8, 4) is 0 Å². The Labute approximate surface area is 116 Å². The van der Waals surface area contributed by atoms with Crippen LogP contribution in [0.15, 0.2) is 24.3 Å². The van der Waals surface area contributed by atoms with Gasteiger partial charge in [-0.15, -0.1) is 0 Å². The van der Waals surface area contributed by atoms with Gasteiger partial charge in [0.1, 0.15) is 0 Å². The number of aliphatic carboxylic acids is 1. The Morgan fingerprint density at radius 2 is 1.95 bits per heavy atom. The Balaban J connectivity index is 2.50. The van der Waals surface area contributed by atoms with Gasteiger partial charge in [0.2, 0.25) is 0 Å². The fourth-order valence-electron chi connectivity index (χ4n) is 2.30. The van der Waals surface area contributed by atoms with Gasteiger partial charge in [-0.05, 0) is 43.4 Å². The van der Waals surface area contributed by atoms with Crippen LogP contribution in [0.25, 0.3) is 0 Å². The number of aryl methyl sites for hydroxylation is 1. The predicted octanol–water partition coefficient (Wildman–Crippen LogP) is 3.54. The van der Waals surface area contributed by atoms with Crippen LogP contribution in [0, 0.1) is 12.8 Å². The van der Waals surface area contributed by atoms with E-state index in [2.05, 4.69) is 50.4 Å². The van der Waals surface area contributed by atoms with Gasteiger partial charge in [0, 0.05) is 12.5 Å². The highest BCUT2D eigenvalue weighted by Gasteiger charge is 2.16. The minimum absolute atomic E-state index is 0.262. The first-order chi connectivity index (χ1) is 9.02. The second-order valence-electron chi connectivity index (χ2n) is 5.38. The van der Waals surface area contributed by atoms with E-state index in [9.17, 15) is 4.79 Å². The molecule has 1 aromatic rings. The lowest BCUT2D eigenvalue weighted by Crippen LogP contribution is -2.27. The lowest BCUT2D eigenvalue weighted by molar-refractivity contribution is -0.137. The van der Waals surface area contributed by atoms with Crippen LogP contribution < -0.4 is 5.32 Å². The standard InChI is InChI=1S/C16H25NO2/c1-12(2)16(14-9-5-4-8-13(14)3)17-11-7-6-10-15(18)19/h4-5,8-9,12,16-17H,6-7,10-11H2,1-3H3,(H,18,19). The van der Waals surface area contributed by atoms with Gasteiger partial charge in [-0.2, -0.15) is 0 Å². The van der Waals surface area contributed by atoms with Gasteiger partial charge in [0.15, 0.2) is 0 Å². The minimum Gasteiger partial charge on any atom is -0.481 e. The summed E-state index contributed by atoms with van der Waals surface area (Å²) in [4.78, 5) is 10.5. The maximum absolute atomic E-state index is 10.5. The molecule has 0 aliphatic rings. The van der Waals surface area contributed by atoms with E-state index in [1.165, 1.54) is 11.1 Å². The van der Waals surface area contributed by atoms with Gasteiger partial charge in [0.05, 0.1) is 0 Å². The van der Waals surface area contributed by atoms with Crippen molar-refractivity contribution >= 4 is 5.97 Å². The lowest BCUT2D eigenvalue weighted by Gasteiger charge is -2.24. The monoisotopic (exact) mass is 263 g/mol. The highest BCUT2D eigenvalue weighted by atomic mass is 16.4. The summed E-state index contributed by atoms with van der Waals surface area (Å²) >= 11 is 0. The van der Waals surface area contributed by atoms with Crippen LogP contribution in [0.5, 0.6) is 0 Å². The zero-order valence-electron chi connectivity index (χ0n) is 12.1. The Morgan fingerprint density at radius 3 is 2.53 bits per heavy atom. The fourth-order valence-corrected chi connectivity index (χ4v) is 2.30. The molecular formula is C16H25NO2. The fraction of sp³-hybridized carbons (Fsp3) is 0.562. The molecule has 0 aliphatic carbocycles. The molecule has 106 valence electrons. The maximum atomic E-state index is 10.5. The second-order valence-corrected chi connectivity index (χ2v) is 5.38. The SMILES string of the molecule is Cc1ccccc1C(NCCCCC(=O)O)C(C)C. The van der Waals surface area contributed by atoms with Gasteiger partial charge >= 0.3 is 5.97 Å². The molecule has 19 heavy (non-hydrogen) atoms. The molecule has 1 unspecified atom stereocenters. The van der Waals surface area contributed by atoms with Crippen LogP contribution in [0.1, 0.15) is 50.3 Å². The zero-order chi connectivity index (χ0) is 14.3. The van der Waals surface area contributed by atoms with Crippen molar-refractivity contribution in [2.45, 2.75) is 46.1 Å². The number of carboxylic acids is 1. The van der Waals surface area contributed by atoms with E-state index >= 15 is 0 Å². The minimum atomic E-state index is -0.709. The highest BCUT2D eigenvalue weighted by Crippen LogP contribution is 2.24. The summed E-state index contributed by atoms with van der Waals surface area (Å²) in [6.07, 6.45) is 1.90. The molecule has 3 nitrogen and oxygen atoms in total. The maximum Gasteiger partial charge on any atom is 0.303 e. The first-order valence-corrected chi connectivity index (χ1v) is 7.03. The summed E-state index contributed by atoms with van der Waals surface area (Å²) in [5.41, 5.74) is 2.65. The first kappa shape index (κ1) is 15.7. The molecule has 1 aromatic carbocycles. The normalized spacial score (nSPS) is 12.6. The van der Waals surface area contributed by atoms with Crippen molar-refractivity contribution < 1.29 is 9.90 Å².